The Morgan fingerprint density at radius 2 is 1.94 bits per heavy atom. The van der Waals surface area contributed by atoms with Crippen LogP contribution in [0.1, 0.15) is 13.3 Å². The lowest BCUT2D eigenvalue weighted by atomic mass is 10.2. The highest BCUT2D eigenvalue weighted by Gasteiger charge is 2.17. The molecule has 0 aromatic heterocycles. The van der Waals surface area contributed by atoms with Crippen LogP contribution in [0.2, 0.25) is 0 Å². The van der Waals surface area contributed by atoms with Crippen molar-refractivity contribution in [2.75, 3.05) is 5.32 Å². The number of hydrogen-bond donors (Lipinski definition) is 3. The van der Waals surface area contributed by atoms with Crippen LogP contribution in [0.15, 0.2) is 28.7 Å². The number of aliphatic carboxylic acids is 1. The zero-order valence-corrected chi connectivity index (χ0v) is 10.8. The van der Waals surface area contributed by atoms with Gasteiger partial charge in [-0.2, -0.15) is 0 Å². The second-order valence-corrected chi connectivity index (χ2v) is 4.32. The SMILES string of the molecule is CC[C@H](NC(=O)Nc1ccc(Br)cc1)C(=O)O. The van der Waals surface area contributed by atoms with Gasteiger partial charge in [0.05, 0.1) is 0 Å². The number of nitrogens with one attached hydrogen (secondary N) is 2. The highest BCUT2D eigenvalue weighted by atomic mass is 79.9. The minimum atomic E-state index is -1.04. The lowest BCUT2D eigenvalue weighted by Gasteiger charge is -2.13. The second kappa shape index (κ2) is 6.24. The van der Waals surface area contributed by atoms with Gasteiger partial charge in [0.1, 0.15) is 6.04 Å². The molecule has 0 aliphatic carbocycles. The van der Waals surface area contributed by atoms with Crippen LogP contribution in [0.25, 0.3) is 0 Å². The quantitative estimate of drug-likeness (QED) is 0.799. The standard InChI is InChI=1S/C11H13BrN2O3/c1-2-9(10(15)16)14-11(17)13-8-5-3-7(12)4-6-8/h3-6,9H,2H2,1H3,(H,15,16)(H2,13,14,17)/t9-/m0/s1. The summed E-state index contributed by atoms with van der Waals surface area (Å²) in [6.45, 7) is 1.69. The van der Waals surface area contributed by atoms with Crippen molar-refractivity contribution >= 4 is 33.6 Å². The maximum atomic E-state index is 11.5. The summed E-state index contributed by atoms with van der Waals surface area (Å²) in [6, 6.07) is 5.59. The molecule has 6 heteroatoms. The zero-order valence-electron chi connectivity index (χ0n) is 9.24. The van der Waals surface area contributed by atoms with Crippen molar-refractivity contribution in [1.82, 2.24) is 5.32 Å². The Balaban J connectivity index is 2.54. The monoisotopic (exact) mass is 300 g/mol. The predicted molar refractivity (Wildman–Crippen MR) is 68.0 cm³/mol. The molecule has 0 spiro atoms. The predicted octanol–water partition coefficient (Wildman–Crippen LogP) is 2.43. The summed E-state index contributed by atoms with van der Waals surface area (Å²) in [5.41, 5.74) is 0.603. The van der Waals surface area contributed by atoms with Crippen molar-refractivity contribution in [2.24, 2.45) is 0 Å². The average molecular weight is 301 g/mol. The molecule has 0 saturated carbocycles. The van der Waals surface area contributed by atoms with Gasteiger partial charge in [-0.25, -0.2) is 9.59 Å². The summed E-state index contributed by atoms with van der Waals surface area (Å²) in [6.07, 6.45) is 0.336. The van der Waals surface area contributed by atoms with Crippen LogP contribution in [0, 0.1) is 0 Å². The summed E-state index contributed by atoms with van der Waals surface area (Å²) in [5, 5.41) is 13.7. The van der Waals surface area contributed by atoms with Crippen LogP contribution in [-0.4, -0.2) is 23.1 Å². The van der Waals surface area contributed by atoms with E-state index in [2.05, 4.69) is 26.6 Å². The van der Waals surface area contributed by atoms with E-state index in [0.717, 1.165) is 4.47 Å². The number of benzene rings is 1. The lowest BCUT2D eigenvalue weighted by Crippen LogP contribution is -2.42. The Labute approximate surface area is 107 Å². The fraction of sp³-hybridized carbons (Fsp3) is 0.273. The van der Waals surface area contributed by atoms with E-state index in [1.807, 2.05) is 0 Å². The smallest absolute Gasteiger partial charge is 0.326 e. The molecule has 17 heavy (non-hydrogen) atoms. The molecule has 1 atom stereocenters. The van der Waals surface area contributed by atoms with E-state index in [1.54, 1.807) is 31.2 Å². The number of amides is 2. The first-order chi connectivity index (χ1) is 8.02. The van der Waals surface area contributed by atoms with Crippen LogP contribution < -0.4 is 10.6 Å². The normalized spacial score (nSPS) is 11.6. The number of urea groups is 1. The highest BCUT2D eigenvalue weighted by Crippen LogP contribution is 2.13. The molecule has 0 fully saturated rings. The number of carbonyl (C=O) groups excluding carboxylic acids is 1. The van der Waals surface area contributed by atoms with Gasteiger partial charge in [0.25, 0.3) is 0 Å². The molecular weight excluding hydrogens is 288 g/mol. The van der Waals surface area contributed by atoms with Gasteiger partial charge in [-0.3, -0.25) is 0 Å². The van der Waals surface area contributed by atoms with E-state index in [9.17, 15) is 9.59 Å². The van der Waals surface area contributed by atoms with E-state index in [4.69, 9.17) is 5.11 Å². The van der Waals surface area contributed by atoms with Crippen LogP contribution in [0.3, 0.4) is 0 Å². The lowest BCUT2D eigenvalue weighted by molar-refractivity contribution is -0.139. The molecule has 0 aliphatic rings. The van der Waals surface area contributed by atoms with E-state index < -0.39 is 18.0 Å². The van der Waals surface area contributed by atoms with Crippen molar-refractivity contribution in [1.29, 1.82) is 0 Å². The van der Waals surface area contributed by atoms with E-state index in [-0.39, 0.29) is 0 Å². The van der Waals surface area contributed by atoms with Crippen molar-refractivity contribution in [2.45, 2.75) is 19.4 Å². The van der Waals surface area contributed by atoms with Crippen LogP contribution in [0.5, 0.6) is 0 Å². The minimum Gasteiger partial charge on any atom is -0.480 e. The summed E-state index contributed by atoms with van der Waals surface area (Å²) >= 11 is 3.28. The van der Waals surface area contributed by atoms with E-state index in [0.29, 0.717) is 12.1 Å². The Kier molecular flexibility index (Phi) is 4.96. The van der Waals surface area contributed by atoms with Gasteiger partial charge in [-0.05, 0) is 30.7 Å². The maximum Gasteiger partial charge on any atom is 0.326 e. The van der Waals surface area contributed by atoms with Crippen molar-refractivity contribution in [3.05, 3.63) is 28.7 Å². The number of halogens is 1. The van der Waals surface area contributed by atoms with Gasteiger partial charge in [-0.15, -0.1) is 0 Å². The fourth-order valence-corrected chi connectivity index (χ4v) is 1.46. The fourth-order valence-electron chi connectivity index (χ4n) is 1.20. The topological polar surface area (TPSA) is 78.4 Å². The zero-order chi connectivity index (χ0) is 12.8. The molecule has 5 nitrogen and oxygen atoms in total. The first-order valence-corrected chi connectivity index (χ1v) is 5.88. The van der Waals surface area contributed by atoms with Crippen molar-refractivity contribution < 1.29 is 14.7 Å². The van der Waals surface area contributed by atoms with Gasteiger partial charge in [0, 0.05) is 10.2 Å². The molecule has 1 aromatic carbocycles. The summed E-state index contributed by atoms with van der Waals surface area (Å²) < 4.78 is 0.903. The van der Waals surface area contributed by atoms with Crippen LogP contribution >= 0.6 is 15.9 Å². The third-order valence-electron chi connectivity index (χ3n) is 2.11. The minimum absolute atomic E-state index is 0.336. The summed E-state index contributed by atoms with van der Waals surface area (Å²) in [4.78, 5) is 22.2. The van der Waals surface area contributed by atoms with Crippen LogP contribution in [0.4, 0.5) is 10.5 Å². The van der Waals surface area contributed by atoms with Gasteiger partial charge < -0.3 is 15.7 Å². The second-order valence-electron chi connectivity index (χ2n) is 3.40. The molecule has 1 aromatic rings. The summed E-state index contributed by atoms with van der Waals surface area (Å²) in [7, 11) is 0. The molecule has 2 amide bonds. The molecule has 3 N–H and O–H groups in total. The Morgan fingerprint density at radius 1 is 1.35 bits per heavy atom. The molecule has 0 aliphatic heterocycles. The van der Waals surface area contributed by atoms with Gasteiger partial charge in [0.15, 0.2) is 0 Å². The third-order valence-corrected chi connectivity index (χ3v) is 2.64. The molecule has 0 saturated heterocycles. The largest absolute Gasteiger partial charge is 0.480 e. The average Bonchev–Trinajstić information content (AvgIpc) is 2.28. The van der Waals surface area contributed by atoms with Gasteiger partial charge >= 0.3 is 12.0 Å². The molecular formula is C11H13BrN2O3. The molecule has 0 radical (unpaired) electrons. The molecule has 0 unspecified atom stereocenters. The number of anilines is 1. The van der Waals surface area contributed by atoms with Crippen molar-refractivity contribution in [3.63, 3.8) is 0 Å². The number of hydrogen-bond acceptors (Lipinski definition) is 2. The molecule has 92 valence electrons. The van der Waals surface area contributed by atoms with Gasteiger partial charge in [-0.1, -0.05) is 22.9 Å². The van der Waals surface area contributed by atoms with Crippen LogP contribution in [-0.2, 0) is 4.79 Å². The number of carbonyl (C=O) groups is 2. The number of carboxylic acid groups (broad SMARTS) is 1. The van der Waals surface area contributed by atoms with Gasteiger partial charge in [0.2, 0.25) is 0 Å². The Morgan fingerprint density at radius 3 is 2.41 bits per heavy atom. The number of rotatable bonds is 4. The first-order valence-electron chi connectivity index (χ1n) is 5.08. The Hall–Kier alpha value is -1.56. The first kappa shape index (κ1) is 13.5. The molecule has 0 heterocycles. The van der Waals surface area contributed by atoms with E-state index >= 15 is 0 Å². The Bertz CT molecular complexity index is 406. The maximum absolute atomic E-state index is 11.5. The summed E-state index contributed by atoms with van der Waals surface area (Å²) in [5.74, 6) is -1.04. The van der Waals surface area contributed by atoms with Crippen molar-refractivity contribution in [3.8, 4) is 0 Å². The molecule has 1 rings (SSSR count). The third kappa shape index (κ3) is 4.44. The highest BCUT2D eigenvalue weighted by molar-refractivity contribution is 9.10. The number of carboxylic acids is 1. The molecule has 0 bridgehead atoms. The van der Waals surface area contributed by atoms with E-state index in [1.165, 1.54) is 0 Å².